The van der Waals surface area contributed by atoms with Gasteiger partial charge in [0.25, 0.3) is 0 Å². The highest BCUT2D eigenvalue weighted by Gasteiger charge is 2.44. The number of carboxylic acid groups (broad SMARTS) is 1. The summed E-state index contributed by atoms with van der Waals surface area (Å²) >= 11 is 0. The maximum atomic E-state index is 12.8. The van der Waals surface area contributed by atoms with Crippen LogP contribution in [0.15, 0.2) is 18.2 Å². The van der Waals surface area contributed by atoms with Crippen molar-refractivity contribution in [3.8, 4) is 11.5 Å². The van der Waals surface area contributed by atoms with Crippen LogP contribution < -0.4 is 14.8 Å². The van der Waals surface area contributed by atoms with Gasteiger partial charge in [0.1, 0.15) is 5.54 Å². The average Bonchev–Trinajstić information content (AvgIpc) is 3.18. The molecule has 26 heavy (non-hydrogen) atoms. The summed E-state index contributed by atoms with van der Waals surface area (Å²) < 4.78 is 10.7. The number of carbonyl (C=O) groups is 3. The minimum Gasteiger partial charge on any atom is -0.481 e. The zero-order valence-corrected chi connectivity index (χ0v) is 14.9. The number of likely N-dealkylation sites (tertiary alicyclic amines) is 1. The van der Waals surface area contributed by atoms with Gasteiger partial charge in [0.2, 0.25) is 18.6 Å². The molecule has 1 aromatic carbocycles. The molecule has 2 atom stereocenters. The lowest BCUT2D eigenvalue weighted by molar-refractivity contribution is -0.143. The third-order valence-electron chi connectivity index (χ3n) is 4.77. The van der Waals surface area contributed by atoms with Crippen LogP contribution in [0.1, 0.15) is 32.3 Å². The van der Waals surface area contributed by atoms with Crippen LogP contribution in [-0.2, 0) is 14.4 Å². The number of carboxylic acids is 1. The van der Waals surface area contributed by atoms with E-state index < -0.39 is 17.4 Å². The molecule has 1 fully saturated rings. The number of benzene rings is 1. The average molecular weight is 362 g/mol. The van der Waals surface area contributed by atoms with Crippen LogP contribution in [-0.4, -0.2) is 53.2 Å². The molecule has 0 saturated carbocycles. The van der Waals surface area contributed by atoms with Crippen LogP contribution in [0.3, 0.4) is 0 Å². The van der Waals surface area contributed by atoms with Crippen molar-refractivity contribution in [1.29, 1.82) is 0 Å². The zero-order valence-electron chi connectivity index (χ0n) is 14.9. The SMILES string of the molecule is CC(=O)NC(C)(C)C(=O)N1C[C@H](C(=O)O)[C@@H](c2ccc3c(c2)OCO3)C1. The van der Waals surface area contributed by atoms with E-state index in [9.17, 15) is 19.5 Å². The van der Waals surface area contributed by atoms with Crippen LogP contribution in [0, 0.1) is 5.92 Å². The Balaban J connectivity index is 1.84. The molecule has 0 spiro atoms. The number of aliphatic carboxylic acids is 1. The van der Waals surface area contributed by atoms with Gasteiger partial charge in [-0.1, -0.05) is 6.07 Å². The van der Waals surface area contributed by atoms with Gasteiger partial charge >= 0.3 is 5.97 Å². The smallest absolute Gasteiger partial charge is 0.308 e. The second kappa shape index (κ2) is 6.51. The quantitative estimate of drug-likeness (QED) is 0.826. The number of amides is 2. The lowest BCUT2D eigenvalue weighted by atomic mass is 9.89. The van der Waals surface area contributed by atoms with Crippen molar-refractivity contribution in [2.24, 2.45) is 5.92 Å². The largest absolute Gasteiger partial charge is 0.481 e. The highest BCUT2D eigenvalue weighted by Crippen LogP contribution is 2.39. The lowest BCUT2D eigenvalue weighted by Crippen LogP contribution is -2.55. The summed E-state index contributed by atoms with van der Waals surface area (Å²) in [7, 11) is 0. The van der Waals surface area contributed by atoms with Crippen LogP contribution in [0.2, 0.25) is 0 Å². The predicted molar refractivity (Wildman–Crippen MR) is 90.9 cm³/mol. The molecule has 8 nitrogen and oxygen atoms in total. The number of fused-ring (bicyclic) bond motifs is 1. The molecule has 1 saturated heterocycles. The summed E-state index contributed by atoms with van der Waals surface area (Å²) in [6, 6.07) is 5.33. The molecule has 2 N–H and O–H groups in total. The number of nitrogens with one attached hydrogen (secondary N) is 1. The molecule has 8 heteroatoms. The van der Waals surface area contributed by atoms with Crippen molar-refractivity contribution < 1.29 is 29.0 Å². The Morgan fingerprint density at radius 1 is 1.19 bits per heavy atom. The van der Waals surface area contributed by atoms with Crippen molar-refractivity contribution in [2.45, 2.75) is 32.2 Å². The van der Waals surface area contributed by atoms with E-state index in [1.807, 2.05) is 0 Å². The fourth-order valence-electron chi connectivity index (χ4n) is 3.59. The Hall–Kier alpha value is -2.77. The number of carbonyl (C=O) groups excluding carboxylic acids is 2. The van der Waals surface area contributed by atoms with E-state index >= 15 is 0 Å². The minimum absolute atomic E-state index is 0.0935. The van der Waals surface area contributed by atoms with E-state index in [0.717, 1.165) is 5.56 Å². The highest BCUT2D eigenvalue weighted by atomic mass is 16.7. The van der Waals surface area contributed by atoms with Crippen molar-refractivity contribution in [1.82, 2.24) is 10.2 Å². The first-order valence-corrected chi connectivity index (χ1v) is 8.39. The minimum atomic E-state index is -1.10. The third-order valence-corrected chi connectivity index (χ3v) is 4.77. The summed E-state index contributed by atoms with van der Waals surface area (Å²) in [4.78, 5) is 37.4. The van der Waals surface area contributed by atoms with E-state index in [-0.39, 0.29) is 37.6 Å². The first-order chi connectivity index (χ1) is 12.2. The van der Waals surface area contributed by atoms with E-state index in [2.05, 4.69) is 5.32 Å². The maximum Gasteiger partial charge on any atom is 0.308 e. The van der Waals surface area contributed by atoms with Crippen molar-refractivity contribution in [3.05, 3.63) is 23.8 Å². The van der Waals surface area contributed by atoms with Gasteiger partial charge < -0.3 is 24.8 Å². The number of rotatable bonds is 4. The molecular formula is C18H22N2O6. The Kier molecular flexibility index (Phi) is 4.52. The second-order valence-electron chi connectivity index (χ2n) is 7.18. The highest BCUT2D eigenvalue weighted by molar-refractivity contribution is 5.91. The fraction of sp³-hybridized carbons (Fsp3) is 0.500. The maximum absolute atomic E-state index is 12.8. The topological polar surface area (TPSA) is 105 Å². The Morgan fingerprint density at radius 2 is 1.88 bits per heavy atom. The molecule has 0 unspecified atom stereocenters. The fourth-order valence-corrected chi connectivity index (χ4v) is 3.59. The third kappa shape index (κ3) is 3.31. The van der Waals surface area contributed by atoms with Gasteiger partial charge in [0.15, 0.2) is 11.5 Å². The van der Waals surface area contributed by atoms with Crippen LogP contribution in [0.4, 0.5) is 0 Å². The van der Waals surface area contributed by atoms with Gasteiger partial charge in [-0.2, -0.15) is 0 Å². The monoisotopic (exact) mass is 362 g/mol. The molecule has 3 rings (SSSR count). The standard InChI is InChI=1S/C18H22N2O6/c1-10(21)19-18(2,3)17(24)20-7-12(13(8-20)16(22)23)11-4-5-14-15(6-11)26-9-25-14/h4-6,12-13H,7-9H2,1-3H3,(H,19,21)(H,22,23)/t12-,13+/m1/s1. The summed E-state index contributed by atoms with van der Waals surface area (Å²) in [5.41, 5.74) is -0.312. The number of nitrogens with zero attached hydrogens (tertiary/aromatic N) is 1. The molecule has 1 aromatic rings. The van der Waals surface area contributed by atoms with Gasteiger partial charge in [-0.05, 0) is 31.5 Å². The molecule has 0 aromatic heterocycles. The molecule has 2 amide bonds. The van der Waals surface area contributed by atoms with Crippen LogP contribution in [0.5, 0.6) is 11.5 Å². The lowest BCUT2D eigenvalue weighted by Gasteiger charge is -2.29. The summed E-state index contributed by atoms with van der Waals surface area (Å²) in [6.45, 7) is 5.06. The summed E-state index contributed by atoms with van der Waals surface area (Å²) in [5.74, 6) is -1.47. The zero-order chi connectivity index (χ0) is 19.1. The molecular weight excluding hydrogens is 340 g/mol. The van der Waals surface area contributed by atoms with Crippen molar-refractivity contribution in [3.63, 3.8) is 0 Å². The second-order valence-corrected chi connectivity index (χ2v) is 7.18. The van der Waals surface area contributed by atoms with E-state index in [0.29, 0.717) is 11.5 Å². The van der Waals surface area contributed by atoms with Crippen molar-refractivity contribution >= 4 is 17.8 Å². The number of ether oxygens (including phenoxy) is 2. The molecule has 140 valence electrons. The first kappa shape index (κ1) is 18.0. The van der Waals surface area contributed by atoms with Crippen LogP contribution in [0.25, 0.3) is 0 Å². The van der Waals surface area contributed by atoms with Gasteiger partial charge in [0.05, 0.1) is 5.92 Å². The van der Waals surface area contributed by atoms with Gasteiger partial charge in [-0.25, -0.2) is 0 Å². The van der Waals surface area contributed by atoms with Gasteiger partial charge in [-0.3, -0.25) is 14.4 Å². The molecule has 2 heterocycles. The summed E-state index contributed by atoms with van der Waals surface area (Å²) in [5, 5.41) is 12.2. The Bertz CT molecular complexity index is 760. The number of hydrogen-bond donors (Lipinski definition) is 2. The van der Waals surface area contributed by atoms with Gasteiger partial charge in [-0.15, -0.1) is 0 Å². The normalized spacial score (nSPS) is 21.6. The van der Waals surface area contributed by atoms with Crippen LogP contribution >= 0.6 is 0 Å². The Morgan fingerprint density at radius 3 is 2.54 bits per heavy atom. The Labute approximate surface area is 151 Å². The molecule has 0 radical (unpaired) electrons. The molecule has 0 aliphatic carbocycles. The van der Waals surface area contributed by atoms with E-state index in [4.69, 9.17) is 9.47 Å². The number of hydrogen-bond acceptors (Lipinski definition) is 5. The molecule has 2 aliphatic rings. The van der Waals surface area contributed by atoms with E-state index in [1.54, 1.807) is 32.0 Å². The van der Waals surface area contributed by atoms with Crippen molar-refractivity contribution in [2.75, 3.05) is 19.9 Å². The predicted octanol–water partition coefficient (Wildman–Crippen LogP) is 0.957. The van der Waals surface area contributed by atoms with Gasteiger partial charge in [0, 0.05) is 25.9 Å². The molecule has 2 aliphatic heterocycles. The molecule has 0 bridgehead atoms. The first-order valence-electron chi connectivity index (χ1n) is 8.39. The summed E-state index contributed by atoms with van der Waals surface area (Å²) in [6.07, 6.45) is 0. The van der Waals surface area contributed by atoms with E-state index in [1.165, 1.54) is 11.8 Å².